The Kier molecular flexibility index (Phi) is 10.3. The van der Waals surface area contributed by atoms with Gasteiger partial charge in [-0.1, -0.05) is 0 Å². The number of hydrogen-bond donors (Lipinski definition) is 2. The van der Waals surface area contributed by atoms with Crippen molar-refractivity contribution in [2.45, 2.75) is 0 Å². The molecule has 0 unspecified atom stereocenters. The molecule has 0 aliphatic carbocycles. The molecule has 0 bridgehead atoms. The lowest BCUT2D eigenvalue weighted by Gasteiger charge is -2.05. The Balaban J connectivity index is 0. The van der Waals surface area contributed by atoms with E-state index in [0.29, 0.717) is 6.54 Å². The van der Waals surface area contributed by atoms with Crippen molar-refractivity contribution in [3.63, 3.8) is 0 Å². The fourth-order valence-electron chi connectivity index (χ4n) is 0.274. The molecule has 0 atom stereocenters. The molecule has 52 valence electrons. The molecule has 8 heavy (non-hydrogen) atoms. The van der Waals surface area contributed by atoms with Crippen LogP contribution in [0.1, 0.15) is 0 Å². The van der Waals surface area contributed by atoms with E-state index in [4.69, 9.17) is 5.21 Å². The minimum atomic E-state index is 0. The fourth-order valence-corrected chi connectivity index (χ4v) is 0.274. The van der Waals surface area contributed by atoms with E-state index >= 15 is 0 Å². The molecule has 0 spiro atoms. The van der Waals surface area contributed by atoms with Gasteiger partial charge >= 0.3 is 0 Å². The van der Waals surface area contributed by atoms with Gasteiger partial charge in [0.05, 0.1) is 0 Å². The Morgan fingerprint density at radius 2 is 2.00 bits per heavy atom. The zero-order valence-corrected chi connectivity index (χ0v) is 6.93. The van der Waals surface area contributed by atoms with Crippen LogP contribution in [0.3, 0.4) is 0 Å². The molecule has 0 aromatic rings. The third kappa shape index (κ3) is 9.61. The van der Waals surface area contributed by atoms with Crippen molar-refractivity contribution in [1.29, 1.82) is 0 Å². The van der Waals surface area contributed by atoms with Gasteiger partial charge in [-0.2, -0.15) is 0 Å². The first-order valence-corrected chi connectivity index (χ1v) is 2.29. The van der Waals surface area contributed by atoms with Crippen molar-refractivity contribution in [1.82, 2.24) is 10.4 Å². The van der Waals surface area contributed by atoms with Gasteiger partial charge in [-0.25, -0.2) is 5.48 Å². The molecule has 0 aliphatic rings. The van der Waals surface area contributed by atoms with Crippen molar-refractivity contribution in [2.24, 2.45) is 0 Å². The van der Waals surface area contributed by atoms with Gasteiger partial charge in [0.15, 0.2) is 0 Å². The molecule has 0 fully saturated rings. The summed E-state index contributed by atoms with van der Waals surface area (Å²) in [6.45, 7) is 1.50. The topological polar surface area (TPSA) is 35.5 Å². The summed E-state index contributed by atoms with van der Waals surface area (Å²) in [5, 5.41) is 8.04. The van der Waals surface area contributed by atoms with Crippen LogP contribution < -0.4 is 5.48 Å². The molecule has 2 N–H and O–H groups in total. The molecule has 0 radical (unpaired) electrons. The van der Waals surface area contributed by atoms with E-state index in [1.165, 1.54) is 0 Å². The minimum Gasteiger partial charge on any atom is -0.317 e. The van der Waals surface area contributed by atoms with Crippen LogP contribution in [0.15, 0.2) is 0 Å². The zero-order valence-electron chi connectivity index (χ0n) is 5.22. The molecule has 0 saturated carbocycles. The van der Waals surface area contributed by atoms with E-state index in [1.54, 1.807) is 0 Å². The maximum Gasteiger partial charge on any atom is 0.0335 e. The van der Waals surface area contributed by atoms with Crippen molar-refractivity contribution >= 4 is 17.0 Å². The maximum atomic E-state index is 8.04. The second-order valence-corrected chi connectivity index (χ2v) is 1.71. The summed E-state index contributed by atoms with van der Waals surface area (Å²) in [7, 11) is 3.91. The lowest BCUT2D eigenvalue weighted by atomic mass is 10.6. The third-order valence-corrected chi connectivity index (χ3v) is 0.671. The van der Waals surface area contributed by atoms with E-state index < -0.39 is 0 Å². The monoisotopic (exact) mass is 184 g/mol. The molecule has 0 aromatic carbocycles. The highest BCUT2D eigenvalue weighted by atomic mass is 79.9. The van der Waals surface area contributed by atoms with Crippen LogP contribution >= 0.6 is 17.0 Å². The number of likely N-dealkylation sites (N-methyl/N-ethyl adjacent to an activating group) is 1. The lowest BCUT2D eigenvalue weighted by molar-refractivity contribution is 0.157. The smallest absolute Gasteiger partial charge is 0.0335 e. The summed E-state index contributed by atoms with van der Waals surface area (Å²) in [5.74, 6) is 0. The Bertz CT molecular complexity index is 43.0. The highest BCUT2D eigenvalue weighted by molar-refractivity contribution is 8.93. The van der Waals surface area contributed by atoms with Gasteiger partial charge < -0.3 is 10.1 Å². The van der Waals surface area contributed by atoms with E-state index in [1.807, 2.05) is 19.0 Å². The standard InChI is InChI=1S/C4H12N2O.BrH/c1-6(2)4-3-5-7;/h5,7H,3-4H2,1-2H3;1H. The molecular weight excluding hydrogens is 172 g/mol. The van der Waals surface area contributed by atoms with E-state index in [9.17, 15) is 0 Å². The van der Waals surface area contributed by atoms with E-state index in [2.05, 4.69) is 5.48 Å². The molecule has 0 amide bonds. The number of hydroxylamine groups is 1. The average Bonchev–Trinajstić information content (AvgIpc) is 1.61. The Morgan fingerprint density at radius 1 is 1.50 bits per heavy atom. The van der Waals surface area contributed by atoms with Crippen LogP contribution in [0.2, 0.25) is 0 Å². The molecular formula is C4H13BrN2O. The van der Waals surface area contributed by atoms with Crippen LogP contribution in [-0.2, 0) is 0 Å². The van der Waals surface area contributed by atoms with Crippen LogP contribution in [0.4, 0.5) is 0 Å². The second-order valence-electron chi connectivity index (χ2n) is 1.71. The van der Waals surface area contributed by atoms with Gasteiger partial charge in [-0.15, -0.1) is 17.0 Å². The van der Waals surface area contributed by atoms with Crippen LogP contribution in [0.5, 0.6) is 0 Å². The highest BCUT2D eigenvalue weighted by Crippen LogP contribution is 1.66. The average molecular weight is 185 g/mol. The summed E-state index contributed by atoms with van der Waals surface area (Å²) in [6.07, 6.45) is 0. The van der Waals surface area contributed by atoms with E-state index in [-0.39, 0.29) is 17.0 Å². The fraction of sp³-hybridized carbons (Fsp3) is 1.00. The number of hydrogen-bond acceptors (Lipinski definition) is 3. The Labute approximate surface area is 60.4 Å². The van der Waals surface area contributed by atoms with Gasteiger partial charge in [-0.3, -0.25) is 0 Å². The van der Waals surface area contributed by atoms with Gasteiger partial charge in [-0.05, 0) is 14.1 Å². The molecule has 0 saturated heterocycles. The summed E-state index contributed by atoms with van der Waals surface area (Å²) in [5.41, 5.74) is 2.06. The molecule has 3 nitrogen and oxygen atoms in total. The predicted octanol–water partition coefficient (Wildman–Crippen LogP) is 0.105. The number of rotatable bonds is 3. The van der Waals surface area contributed by atoms with Gasteiger partial charge in [0.25, 0.3) is 0 Å². The first-order valence-electron chi connectivity index (χ1n) is 2.29. The number of nitrogens with zero attached hydrogens (tertiary/aromatic N) is 1. The largest absolute Gasteiger partial charge is 0.317 e. The molecule has 0 heterocycles. The van der Waals surface area contributed by atoms with E-state index in [0.717, 1.165) is 6.54 Å². The molecule has 0 aliphatic heterocycles. The van der Waals surface area contributed by atoms with Crippen LogP contribution in [-0.4, -0.2) is 37.3 Å². The highest BCUT2D eigenvalue weighted by Gasteiger charge is 1.83. The van der Waals surface area contributed by atoms with Gasteiger partial charge in [0.2, 0.25) is 0 Å². The first kappa shape index (κ1) is 11.2. The molecule has 4 heteroatoms. The summed E-state index contributed by atoms with van der Waals surface area (Å²) in [6, 6.07) is 0. The van der Waals surface area contributed by atoms with Crippen LogP contribution in [0, 0.1) is 0 Å². The first-order chi connectivity index (χ1) is 3.27. The lowest BCUT2D eigenvalue weighted by Crippen LogP contribution is -2.23. The zero-order chi connectivity index (χ0) is 5.70. The van der Waals surface area contributed by atoms with Crippen molar-refractivity contribution < 1.29 is 5.21 Å². The van der Waals surface area contributed by atoms with Crippen molar-refractivity contribution in [3.8, 4) is 0 Å². The summed E-state index contributed by atoms with van der Waals surface area (Å²) >= 11 is 0. The third-order valence-electron chi connectivity index (χ3n) is 0.671. The van der Waals surface area contributed by atoms with Gasteiger partial charge in [0.1, 0.15) is 0 Å². The Hall–Kier alpha value is 0.360. The predicted molar refractivity (Wildman–Crippen MR) is 38.7 cm³/mol. The Morgan fingerprint density at radius 3 is 2.12 bits per heavy atom. The summed E-state index contributed by atoms with van der Waals surface area (Å²) < 4.78 is 0. The summed E-state index contributed by atoms with van der Waals surface area (Å²) in [4.78, 5) is 1.99. The molecule has 0 aromatic heterocycles. The maximum absolute atomic E-state index is 8.04. The van der Waals surface area contributed by atoms with Crippen molar-refractivity contribution in [2.75, 3.05) is 27.2 Å². The SMILES string of the molecule is Br.CN(C)CCNO. The van der Waals surface area contributed by atoms with Gasteiger partial charge in [0, 0.05) is 13.1 Å². The van der Waals surface area contributed by atoms with Crippen LogP contribution in [0.25, 0.3) is 0 Å². The quantitative estimate of drug-likeness (QED) is 0.612. The number of halogens is 1. The molecule has 0 rings (SSSR count). The number of nitrogens with one attached hydrogen (secondary N) is 1. The normalized spacial score (nSPS) is 9.00. The van der Waals surface area contributed by atoms with Crippen molar-refractivity contribution in [3.05, 3.63) is 0 Å². The minimum absolute atomic E-state index is 0. The second kappa shape index (κ2) is 7.36.